The first kappa shape index (κ1) is 16.4. The Balaban J connectivity index is 1.69. The summed E-state index contributed by atoms with van der Waals surface area (Å²) in [6.07, 6.45) is 7.21. The van der Waals surface area contributed by atoms with Gasteiger partial charge in [-0.15, -0.1) is 0 Å². The van der Waals surface area contributed by atoms with Crippen LogP contribution >= 0.6 is 0 Å². The number of urea groups is 1. The largest absolute Gasteiger partial charge is 0.361 e. The van der Waals surface area contributed by atoms with Gasteiger partial charge < -0.3 is 4.52 Å². The third-order valence-corrected chi connectivity index (χ3v) is 4.67. The number of carbonyl (C=O) groups is 3. The maximum Gasteiger partial charge on any atom is 0.334 e. The Hall–Kier alpha value is -2.44. The highest BCUT2D eigenvalue weighted by Crippen LogP contribution is 2.23. The average molecular weight is 331 g/mol. The Bertz CT molecular complexity index is 700. The van der Waals surface area contributed by atoms with E-state index in [1.165, 1.54) is 12.0 Å². The van der Waals surface area contributed by atoms with E-state index in [1.54, 1.807) is 13.8 Å². The van der Waals surface area contributed by atoms with Crippen molar-refractivity contribution in [1.82, 2.24) is 15.0 Å². The van der Waals surface area contributed by atoms with Crippen LogP contribution in [0.5, 0.6) is 0 Å². The molecule has 0 atom stereocenters. The maximum atomic E-state index is 12.5. The molecule has 0 aromatic carbocycles. The highest BCUT2D eigenvalue weighted by molar-refractivity contribution is 6.44. The summed E-state index contributed by atoms with van der Waals surface area (Å²) in [6, 6.07) is -0.554. The van der Waals surface area contributed by atoms with Crippen molar-refractivity contribution in [2.45, 2.75) is 52.5 Å². The van der Waals surface area contributed by atoms with Gasteiger partial charge in [0.15, 0.2) is 0 Å². The molecule has 1 saturated heterocycles. The van der Waals surface area contributed by atoms with Crippen molar-refractivity contribution < 1.29 is 18.9 Å². The number of aromatic nitrogens is 1. The number of amides is 4. The molecule has 4 amide bonds. The minimum absolute atomic E-state index is 0.0176. The molecule has 0 unspecified atom stereocenters. The number of allylic oxidation sites excluding steroid dienone is 1. The van der Waals surface area contributed by atoms with Crippen molar-refractivity contribution in [2.24, 2.45) is 0 Å². The second-order valence-corrected chi connectivity index (χ2v) is 6.29. The summed E-state index contributed by atoms with van der Waals surface area (Å²) in [5, 5.41) is 3.81. The van der Waals surface area contributed by atoms with Gasteiger partial charge in [-0.1, -0.05) is 16.8 Å². The van der Waals surface area contributed by atoms with E-state index in [-0.39, 0.29) is 13.1 Å². The molecule has 0 bridgehead atoms. The van der Waals surface area contributed by atoms with E-state index in [9.17, 15) is 14.4 Å². The van der Waals surface area contributed by atoms with Crippen LogP contribution in [0.25, 0.3) is 0 Å². The second kappa shape index (κ2) is 6.59. The van der Waals surface area contributed by atoms with E-state index in [4.69, 9.17) is 4.52 Å². The van der Waals surface area contributed by atoms with Gasteiger partial charge in [0, 0.05) is 12.1 Å². The Morgan fingerprint density at radius 3 is 2.50 bits per heavy atom. The fourth-order valence-electron chi connectivity index (χ4n) is 3.16. The van der Waals surface area contributed by atoms with E-state index < -0.39 is 17.8 Å². The van der Waals surface area contributed by atoms with Gasteiger partial charge in [-0.2, -0.15) is 0 Å². The van der Waals surface area contributed by atoms with Gasteiger partial charge in [-0.3, -0.25) is 19.4 Å². The topological polar surface area (TPSA) is 83.7 Å². The summed E-state index contributed by atoms with van der Waals surface area (Å²) < 4.78 is 5.05. The number of hydrogen-bond donors (Lipinski definition) is 0. The molecule has 2 heterocycles. The molecule has 0 saturated carbocycles. The Kier molecular flexibility index (Phi) is 4.51. The molecule has 0 N–H and O–H groups in total. The molecule has 1 aliphatic carbocycles. The summed E-state index contributed by atoms with van der Waals surface area (Å²) >= 11 is 0. The van der Waals surface area contributed by atoms with Crippen molar-refractivity contribution in [3.63, 3.8) is 0 Å². The highest BCUT2D eigenvalue weighted by Gasteiger charge is 2.44. The minimum atomic E-state index is -0.780. The highest BCUT2D eigenvalue weighted by atomic mass is 16.5. The van der Waals surface area contributed by atoms with Crippen molar-refractivity contribution in [1.29, 1.82) is 0 Å². The van der Waals surface area contributed by atoms with Crippen molar-refractivity contribution in [2.75, 3.05) is 6.54 Å². The molecular weight excluding hydrogens is 310 g/mol. The third-order valence-electron chi connectivity index (χ3n) is 4.67. The van der Waals surface area contributed by atoms with Gasteiger partial charge in [0.25, 0.3) is 0 Å². The van der Waals surface area contributed by atoms with Crippen LogP contribution in [0.4, 0.5) is 4.79 Å². The molecular formula is C17H21N3O4. The smallest absolute Gasteiger partial charge is 0.334 e. The fraction of sp³-hybridized carbons (Fsp3) is 0.529. The summed E-state index contributed by atoms with van der Waals surface area (Å²) in [5.74, 6) is -0.979. The van der Waals surface area contributed by atoms with Crippen LogP contribution in [-0.2, 0) is 16.1 Å². The lowest BCUT2D eigenvalue weighted by Gasteiger charge is -2.17. The molecule has 1 fully saturated rings. The van der Waals surface area contributed by atoms with E-state index in [1.807, 2.05) is 0 Å². The van der Waals surface area contributed by atoms with Crippen LogP contribution in [0.1, 0.15) is 49.1 Å². The van der Waals surface area contributed by atoms with Gasteiger partial charge in [-0.05, 0) is 46.0 Å². The van der Waals surface area contributed by atoms with Crippen LogP contribution in [0.15, 0.2) is 16.2 Å². The Morgan fingerprint density at radius 2 is 1.88 bits per heavy atom. The molecule has 7 nitrogen and oxygen atoms in total. The van der Waals surface area contributed by atoms with Crippen LogP contribution in [0.2, 0.25) is 0 Å². The maximum absolute atomic E-state index is 12.5. The lowest BCUT2D eigenvalue weighted by atomic mass is 9.97. The quantitative estimate of drug-likeness (QED) is 0.470. The van der Waals surface area contributed by atoms with E-state index in [0.29, 0.717) is 23.4 Å². The van der Waals surface area contributed by atoms with Gasteiger partial charge in [-0.25, -0.2) is 4.79 Å². The fourth-order valence-corrected chi connectivity index (χ4v) is 3.16. The van der Waals surface area contributed by atoms with Gasteiger partial charge >= 0.3 is 17.8 Å². The molecule has 2 aliphatic rings. The van der Waals surface area contributed by atoms with Crippen LogP contribution < -0.4 is 0 Å². The standard InChI is InChI=1S/C17H21N3O4/c1-11-14(12(2)24-18-11)10-20-16(22)15(21)19(17(20)23)9-8-13-6-4-3-5-7-13/h6H,3-5,7-10H2,1-2H3. The van der Waals surface area contributed by atoms with Crippen molar-refractivity contribution in [3.05, 3.63) is 28.7 Å². The molecule has 1 aromatic rings. The Labute approximate surface area is 140 Å². The molecule has 0 spiro atoms. The van der Waals surface area contributed by atoms with Crippen LogP contribution in [-0.4, -0.2) is 39.3 Å². The first-order chi connectivity index (χ1) is 11.5. The van der Waals surface area contributed by atoms with Crippen molar-refractivity contribution in [3.8, 4) is 0 Å². The molecule has 1 aromatic heterocycles. The van der Waals surface area contributed by atoms with Gasteiger partial charge in [0.1, 0.15) is 5.76 Å². The normalized spacial score (nSPS) is 18.6. The van der Waals surface area contributed by atoms with E-state index in [2.05, 4.69) is 11.2 Å². The molecule has 1 aliphatic heterocycles. The number of imide groups is 2. The first-order valence-electron chi connectivity index (χ1n) is 8.26. The number of hydrogen-bond acceptors (Lipinski definition) is 5. The number of rotatable bonds is 5. The molecule has 7 heteroatoms. The number of nitrogens with zero attached hydrogens (tertiary/aromatic N) is 3. The number of aryl methyl sites for hydroxylation is 2. The number of carbonyl (C=O) groups excluding carboxylic acids is 3. The van der Waals surface area contributed by atoms with Crippen molar-refractivity contribution >= 4 is 17.8 Å². The molecule has 128 valence electrons. The lowest BCUT2D eigenvalue weighted by Crippen LogP contribution is -2.34. The second-order valence-electron chi connectivity index (χ2n) is 6.29. The SMILES string of the molecule is Cc1noc(C)c1CN1C(=O)C(=O)N(CCC2=CCCCC2)C1=O. The zero-order chi connectivity index (χ0) is 17.3. The molecule has 24 heavy (non-hydrogen) atoms. The minimum Gasteiger partial charge on any atom is -0.361 e. The van der Waals surface area contributed by atoms with E-state index >= 15 is 0 Å². The summed E-state index contributed by atoms with van der Waals surface area (Å²) in [7, 11) is 0. The monoisotopic (exact) mass is 331 g/mol. The summed E-state index contributed by atoms with van der Waals surface area (Å²) in [5.41, 5.74) is 2.55. The van der Waals surface area contributed by atoms with Crippen LogP contribution in [0.3, 0.4) is 0 Å². The van der Waals surface area contributed by atoms with Crippen LogP contribution in [0, 0.1) is 13.8 Å². The van der Waals surface area contributed by atoms with Gasteiger partial charge in [0.05, 0.1) is 12.2 Å². The molecule has 3 rings (SSSR count). The van der Waals surface area contributed by atoms with E-state index in [0.717, 1.165) is 29.1 Å². The zero-order valence-corrected chi connectivity index (χ0v) is 14.0. The first-order valence-corrected chi connectivity index (χ1v) is 8.26. The predicted octanol–water partition coefficient (Wildman–Crippen LogP) is 2.47. The zero-order valence-electron chi connectivity index (χ0n) is 14.0. The lowest BCUT2D eigenvalue weighted by molar-refractivity contribution is -0.143. The Morgan fingerprint density at radius 1 is 1.12 bits per heavy atom. The average Bonchev–Trinajstić information content (AvgIpc) is 3.00. The predicted molar refractivity (Wildman–Crippen MR) is 84.8 cm³/mol. The summed E-state index contributed by atoms with van der Waals surface area (Å²) in [6.45, 7) is 3.73. The van der Waals surface area contributed by atoms with Gasteiger partial charge in [0.2, 0.25) is 0 Å². The molecule has 0 radical (unpaired) electrons. The third kappa shape index (κ3) is 2.98. The summed E-state index contributed by atoms with van der Waals surface area (Å²) in [4.78, 5) is 38.8.